The smallest absolute Gasteiger partial charge is 0.233 e. The molecule has 5 nitrogen and oxygen atoms in total. The first-order valence-corrected chi connectivity index (χ1v) is 8.05. The quantitative estimate of drug-likeness (QED) is 0.617. The van der Waals surface area contributed by atoms with E-state index in [9.17, 15) is 9.59 Å². The largest absolute Gasteiger partial charge is 0.467 e. The summed E-state index contributed by atoms with van der Waals surface area (Å²) in [4.78, 5) is 26.5. The summed E-state index contributed by atoms with van der Waals surface area (Å²) in [5, 5.41) is 0.547. The molecule has 0 N–H and O–H groups in total. The molecule has 0 aromatic heterocycles. The zero-order valence-corrected chi connectivity index (χ0v) is 13.2. The van der Waals surface area contributed by atoms with Gasteiger partial charge in [0.2, 0.25) is 11.8 Å². The van der Waals surface area contributed by atoms with Crippen LogP contribution in [0.2, 0.25) is 5.02 Å². The molecule has 1 saturated heterocycles. The van der Waals surface area contributed by atoms with Gasteiger partial charge in [-0.2, -0.15) is 0 Å². The van der Waals surface area contributed by atoms with E-state index in [0.717, 1.165) is 11.1 Å². The minimum Gasteiger partial charge on any atom is -0.467 e. The number of amides is 2. The Bertz CT molecular complexity index is 689. The Kier molecular flexibility index (Phi) is 3.62. The number of halogens is 1. The summed E-state index contributed by atoms with van der Waals surface area (Å²) in [6.45, 7) is 0.784. The summed E-state index contributed by atoms with van der Waals surface area (Å²) in [5.74, 6) is 0.0584. The monoisotopic (exact) mass is 333 g/mol. The fraction of sp³-hybridized carbons (Fsp3) is 0.412. The van der Waals surface area contributed by atoms with Gasteiger partial charge in [-0.1, -0.05) is 23.8 Å². The Hall–Kier alpha value is -1.85. The highest BCUT2D eigenvalue weighted by Gasteiger charge is 2.47. The van der Waals surface area contributed by atoms with Gasteiger partial charge < -0.3 is 9.47 Å². The number of hydrogen-bond acceptors (Lipinski definition) is 4. The molecule has 2 amide bonds. The summed E-state index contributed by atoms with van der Waals surface area (Å²) < 4.78 is 10.8. The third-order valence-electron chi connectivity index (χ3n) is 4.68. The number of rotatable bonds is 2. The molecule has 1 aliphatic carbocycles. The van der Waals surface area contributed by atoms with Crippen LogP contribution in [0.1, 0.15) is 24.0 Å². The molecule has 23 heavy (non-hydrogen) atoms. The van der Waals surface area contributed by atoms with Crippen LogP contribution in [0.4, 0.5) is 0 Å². The number of fused-ring (bicyclic) bond motifs is 2. The van der Waals surface area contributed by atoms with Gasteiger partial charge in [0, 0.05) is 16.1 Å². The summed E-state index contributed by atoms with van der Waals surface area (Å²) in [6, 6.07) is 3.55. The number of hydrogen-bond donors (Lipinski definition) is 0. The highest BCUT2D eigenvalue weighted by Crippen LogP contribution is 2.38. The van der Waals surface area contributed by atoms with Crippen LogP contribution >= 0.6 is 11.6 Å². The molecule has 3 aliphatic rings. The van der Waals surface area contributed by atoms with Crippen molar-refractivity contribution < 1.29 is 19.1 Å². The molecule has 6 heteroatoms. The minimum absolute atomic E-state index is 0.0925. The van der Waals surface area contributed by atoms with Crippen molar-refractivity contribution in [1.82, 2.24) is 4.90 Å². The maximum absolute atomic E-state index is 12.6. The fourth-order valence-corrected chi connectivity index (χ4v) is 3.83. The average molecular weight is 334 g/mol. The molecule has 1 aromatic carbocycles. The molecular weight excluding hydrogens is 318 g/mol. The maximum atomic E-state index is 12.6. The lowest BCUT2D eigenvalue weighted by Crippen LogP contribution is -2.31. The van der Waals surface area contributed by atoms with E-state index in [1.165, 1.54) is 4.90 Å². The van der Waals surface area contributed by atoms with E-state index in [-0.39, 0.29) is 37.0 Å². The van der Waals surface area contributed by atoms with E-state index < -0.39 is 0 Å². The van der Waals surface area contributed by atoms with Crippen molar-refractivity contribution in [2.45, 2.75) is 26.0 Å². The van der Waals surface area contributed by atoms with Crippen molar-refractivity contribution in [3.63, 3.8) is 0 Å². The minimum atomic E-state index is -0.216. The normalized spacial score (nSPS) is 26.0. The molecule has 2 atom stereocenters. The third kappa shape index (κ3) is 2.44. The Balaban J connectivity index is 1.65. The van der Waals surface area contributed by atoms with E-state index in [1.54, 1.807) is 12.1 Å². The molecule has 1 aromatic rings. The molecule has 2 aliphatic heterocycles. The fourth-order valence-electron chi connectivity index (χ4n) is 3.57. The summed E-state index contributed by atoms with van der Waals surface area (Å²) in [6.07, 6.45) is 5.25. The Morgan fingerprint density at radius 1 is 1.13 bits per heavy atom. The molecule has 2 heterocycles. The van der Waals surface area contributed by atoms with Crippen LogP contribution in [0.5, 0.6) is 5.75 Å². The van der Waals surface area contributed by atoms with Crippen LogP contribution in [0.15, 0.2) is 24.3 Å². The first kappa shape index (κ1) is 14.7. The average Bonchev–Trinajstić information content (AvgIpc) is 2.80. The second-order valence-electron chi connectivity index (χ2n) is 6.08. The second-order valence-corrected chi connectivity index (χ2v) is 6.52. The molecule has 0 bridgehead atoms. The topological polar surface area (TPSA) is 55.8 Å². The van der Waals surface area contributed by atoms with Crippen LogP contribution in [0.25, 0.3) is 0 Å². The summed E-state index contributed by atoms with van der Waals surface area (Å²) in [5.41, 5.74) is 1.60. The Morgan fingerprint density at radius 3 is 2.52 bits per heavy atom. The number of nitrogens with zero attached hydrogens (tertiary/aromatic N) is 1. The number of allylic oxidation sites excluding steroid dienone is 2. The Labute approximate surface area is 138 Å². The first-order chi connectivity index (χ1) is 11.1. The standard InChI is InChI=1S/C17H16ClNO4/c18-12-5-10(15-11(6-12)8-22-9-23-15)7-19-16(20)13-3-1-2-4-14(13)17(19)21/h1-2,5-6,13-14H,3-4,7-9H2/t13-,14-/m0/s1. The highest BCUT2D eigenvalue weighted by atomic mass is 35.5. The van der Waals surface area contributed by atoms with Crippen LogP contribution in [0, 0.1) is 11.8 Å². The zero-order valence-electron chi connectivity index (χ0n) is 12.5. The number of carbonyl (C=O) groups excluding carboxylic acids is 2. The molecule has 0 unspecified atom stereocenters. The van der Waals surface area contributed by atoms with Gasteiger partial charge in [0.1, 0.15) is 5.75 Å². The van der Waals surface area contributed by atoms with Crippen LogP contribution in [-0.2, 0) is 27.5 Å². The summed E-state index contributed by atoms with van der Waals surface area (Å²) in [7, 11) is 0. The second kappa shape index (κ2) is 5.65. The number of likely N-dealkylation sites (tertiary alicyclic amines) is 1. The van der Waals surface area contributed by atoms with Crippen molar-refractivity contribution in [1.29, 1.82) is 0 Å². The molecule has 0 saturated carbocycles. The van der Waals surface area contributed by atoms with Gasteiger partial charge in [-0.3, -0.25) is 14.5 Å². The molecule has 0 radical (unpaired) electrons. The van der Waals surface area contributed by atoms with Gasteiger partial charge >= 0.3 is 0 Å². The van der Waals surface area contributed by atoms with E-state index >= 15 is 0 Å². The molecular formula is C17H16ClNO4. The lowest BCUT2D eigenvalue weighted by Gasteiger charge is -2.23. The van der Waals surface area contributed by atoms with E-state index in [4.69, 9.17) is 21.1 Å². The summed E-state index contributed by atoms with van der Waals surface area (Å²) >= 11 is 6.15. The highest BCUT2D eigenvalue weighted by molar-refractivity contribution is 6.30. The van der Waals surface area contributed by atoms with Crippen molar-refractivity contribution >= 4 is 23.4 Å². The van der Waals surface area contributed by atoms with Crippen molar-refractivity contribution in [2.24, 2.45) is 11.8 Å². The number of ether oxygens (including phenoxy) is 2. The van der Waals surface area contributed by atoms with Gasteiger partial charge in [0.05, 0.1) is 25.0 Å². The van der Waals surface area contributed by atoms with Gasteiger partial charge in [-0.25, -0.2) is 0 Å². The van der Waals surface area contributed by atoms with Gasteiger partial charge in [-0.05, 0) is 25.0 Å². The maximum Gasteiger partial charge on any atom is 0.233 e. The molecule has 120 valence electrons. The van der Waals surface area contributed by atoms with Gasteiger partial charge in [0.25, 0.3) is 0 Å². The van der Waals surface area contributed by atoms with Crippen LogP contribution in [-0.4, -0.2) is 23.5 Å². The lowest BCUT2D eigenvalue weighted by molar-refractivity contribution is -0.140. The third-order valence-corrected chi connectivity index (χ3v) is 4.90. The predicted molar refractivity (Wildman–Crippen MR) is 82.6 cm³/mol. The van der Waals surface area contributed by atoms with E-state index in [1.807, 2.05) is 12.2 Å². The molecule has 0 spiro atoms. The van der Waals surface area contributed by atoms with Crippen LogP contribution in [0.3, 0.4) is 0 Å². The Morgan fingerprint density at radius 2 is 1.83 bits per heavy atom. The van der Waals surface area contributed by atoms with Crippen molar-refractivity contribution in [3.8, 4) is 5.75 Å². The van der Waals surface area contributed by atoms with Crippen molar-refractivity contribution in [3.05, 3.63) is 40.4 Å². The van der Waals surface area contributed by atoms with Gasteiger partial charge in [-0.15, -0.1) is 0 Å². The number of imide groups is 1. The molecule has 1 fully saturated rings. The number of carbonyl (C=O) groups is 2. The van der Waals surface area contributed by atoms with Crippen LogP contribution < -0.4 is 4.74 Å². The molecule has 4 rings (SSSR count). The first-order valence-electron chi connectivity index (χ1n) is 7.67. The number of benzene rings is 1. The zero-order chi connectivity index (χ0) is 16.0. The van der Waals surface area contributed by atoms with Crippen molar-refractivity contribution in [2.75, 3.05) is 6.79 Å². The van der Waals surface area contributed by atoms with E-state index in [2.05, 4.69) is 0 Å². The predicted octanol–water partition coefficient (Wildman–Crippen LogP) is 2.66. The lowest BCUT2D eigenvalue weighted by atomic mass is 9.85. The van der Waals surface area contributed by atoms with E-state index in [0.29, 0.717) is 30.2 Å². The SMILES string of the molecule is O=C1[C@H]2CC=CC[C@@H]2C(=O)N1Cc1cc(Cl)cc2c1OCOC2. The van der Waals surface area contributed by atoms with Gasteiger partial charge in [0.15, 0.2) is 6.79 Å².